The fraction of sp³-hybridized carbons (Fsp3) is 0.632. The lowest BCUT2D eigenvalue weighted by atomic mass is 9.87. The Balaban J connectivity index is 2.09. The lowest BCUT2D eigenvalue weighted by Crippen LogP contribution is -2.42. The summed E-state index contributed by atoms with van der Waals surface area (Å²) in [5.74, 6) is 0.695. The second-order valence-electron chi connectivity index (χ2n) is 6.99. The van der Waals surface area contributed by atoms with Gasteiger partial charge in [0.1, 0.15) is 5.75 Å². The highest BCUT2D eigenvalue weighted by molar-refractivity contribution is 7.86. The van der Waals surface area contributed by atoms with E-state index in [4.69, 9.17) is 4.18 Å². The number of carbonyl (C=O) groups is 1. The molecule has 6 heteroatoms. The molecule has 5 nitrogen and oxygen atoms in total. The maximum Gasteiger partial charge on any atom is 0.306 e. The first-order valence-corrected chi connectivity index (χ1v) is 10.9. The van der Waals surface area contributed by atoms with Crippen LogP contribution in [0.4, 0.5) is 0 Å². The Hall–Kier alpha value is -1.56. The van der Waals surface area contributed by atoms with Crippen LogP contribution in [0.3, 0.4) is 0 Å². The monoisotopic (exact) mass is 367 g/mol. The van der Waals surface area contributed by atoms with Crippen molar-refractivity contribution in [3.8, 4) is 5.75 Å². The second kappa shape index (κ2) is 8.70. The second-order valence-corrected chi connectivity index (χ2v) is 8.56. The van der Waals surface area contributed by atoms with E-state index in [-0.39, 0.29) is 17.9 Å². The summed E-state index contributed by atoms with van der Waals surface area (Å²) in [6.45, 7) is 4.72. The van der Waals surface area contributed by atoms with Crippen LogP contribution in [-0.2, 0) is 21.5 Å². The summed E-state index contributed by atoms with van der Waals surface area (Å²) in [5.41, 5.74) is 0.977. The molecule has 1 saturated carbocycles. The normalized spacial score (nSPS) is 17.1. The summed E-state index contributed by atoms with van der Waals surface area (Å²) in [4.78, 5) is 15.0. The third-order valence-electron chi connectivity index (χ3n) is 4.88. The fourth-order valence-electron chi connectivity index (χ4n) is 3.28. The zero-order valence-electron chi connectivity index (χ0n) is 15.4. The third kappa shape index (κ3) is 6.03. The van der Waals surface area contributed by atoms with Gasteiger partial charge in [0.2, 0.25) is 5.91 Å². The highest BCUT2D eigenvalue weighted by Crippen LogP contribution is 2.27. The van der Waals surface area contributed by atoms with Crippen LogP contribution in [0.2, 0.25) is 0 Å². The Bertz CT molecular complexity index is 663. The van der Waals surface area contributed by atoms with E-state index in [0.717, 1.165) is 43.9 Å². The molecule has 140 valence electrons. The molecule has 1 aromatic carbocycles. The lowest BCUT2D eigenvalue weighted by Gasteiger charge is -2.33. The van der Waals surface area contributed by atoms with Crippen LogP contribution >= 0.6 is 0 Å². The molecule has 0 aliphatic heterocycles. The topological polar surface area (TPSA) is 63.7 Å². The minimum absolute atomic E-state index is 0.149. The van der Waals surface area contributed by atoms with Crippen molar-refractivity contribution in [2.45, 2.75) is 65.0 Å². The Labute approximate surface area is 151 Å². The molecule has 0 bridgehead atoms. The molecule has 1 aliphatic carbocycles. The number of benzene rings is 1. The molecule has 1 amide bonds. The van der Waals surface area contributed by atoms with Gasteiger partial charge in [0.15, 0.2) is 0 Å². The van der Waals surface area contributed by atoms with E-state index in [0.29, 0.717) is 12.3 Å². The maximum absolute atomic E-state index is 13.0. The minimum Gasteiger partial charge on any atom is -0.383 e. The van der Waals surface area contributed by atoms with Crippen molar-refractivity contribution in [3.05, 3.63) is 29.8 Å². The van der Waals surface area contributed by atoms with Crippen LogP contribution in [0.1, 0.15) is 57.9 Å². The first kappa shape index (κ1) is 19.8. The van der Waals surface area contributed by atoms with E-state index in [2.05, 4.69) is 13.8 Å². The summed E-state index contributed by atoms with van der Waals surface area (Å²) in [5, 5.41) is 0. The molecule has 0 aromatic heterocycles. The van der Waals surface area contributed by atoms with Gasteiger partial charge in [0.05, 0.1) is 6.26 Å². The van der Waals surface area contributed by atoms with Crippen molar-refractivity contribution in [3.63, 3.8) is 0 Å². The predicted molar refractivity (Wildman–Crippen MR) is 98.8 cm³/mol. The highest BCUT2D eigenvalue weighted by atomic mass is 32.2. The Morgan fingerprint density at radius 1 is 1.20 bits per heavy atom. The number of amides is 1. The first-order chi connectivity index (χ1) is 11.8. The van der Waals surface area contributed by atoms with E-state index in [9.17, 15) is 13.2 Å². The van der Waals surface area contributed by atoms with Crippen LogP contribution < -0.4 is 4.18 Å². The standard InChI is InChI=1S/C19H29NO4S/c1-4-15(2)20(19(21)17-8-6-5-7-9-17)14-16-10-12-18(13-11-16)24-25(3,22)23/h10-13,15,17H,4-9,14H2,1-3H3. The Morgan fingerprint density at radius 3 is 2.32 bits per heavy atom. The SMILES string of the molecule is CCC(C)N(Cc1ccc(OS(C)(=O)=O)cc1)C(=O)C1CCCCC1. The highest BCUT2D eigenvalue weighted by Gasteiger charge is 2.28. The van der Waals surface area contributed by atoms with Gasteiger partial charge in [-0.25, -0.2) is 0 Å². The molecule has 0 radical (unpaired) electrons. The van der Waals surface area contributed by atoms with Crippen LogP contribution in [0.25, 0.3) is 0 Å². The average Bonchev–Trinajstić information content (AvgIpc) is 2.59. The van der Waals surface area contributed by atoms with Crippen molar-refractivity contribution >= 4 is 16.0 Å². The summed E-state index contributed by atoms with van der Waals surface area (Å²) in [6.07, 6.45) is 7.43. The summed E-state index contributed by atoms with van der Waals surface area (Å²) in [6, 6.07) is 7.10. The van der Waals surface area contributed by atoms with Crippen LogP contribution in [0.5, 0.6) is 5.75 Å². The summed E-state index contributed by atoms with van der Waals surface area (Å²) >= 11 is 0. The summed E-state index contributed by atoms with van der Waals surface area (Å²) < 4.78 is 27.2. The van der Waals surface area contributed by atoms with Crippen molar-refractivity contribution in [2.24, 2.45) is 5.92 Å². The molecule has 25 heavy (non-hydrogen) atoms. The number of hydrogen-bond donors (Lipinski definition) is 0. The van der Waals surface area contributed by atoms with Gasteiger partial charge in [-0.2, -0.15) is 8.42 Å². The number of nitrogens with zero attached hydrogens (tertiary/aromatic N) is 1. The van der Waals surface area contributed by atoms with E-state index < -0.39 is 10.1 Å². The van der Waals surface area contributed by atoms with Gasteiger partial charge < -0.3 is 9.08 Å². The van der Waals surface area contributed by atoms with Crippen LogP contribution in [0, 0.1) is 5.92 Å². The van der Waals surface area contributed by atoms with E-state index in [1.54, 1.807) is 12.1 Å². The third-order valence-corrected chi connectivity index (χ3v) is 5.38. The maximum atomic E-state index is 13.0. The Kier molecular flexibility index (Phi) is 6.87. The molecule has 1 aromatic rings. The minimum atomic E-state index is -3.52. The van der Waals surface area contributed by atoms with Crippen LogP contribution in [-0.4, -0.2) is 31.5 Å². The van der Waals surface area contributed by atoms with Gasteiger partial charge >= 0.3 is 10.1 Å². The van der Waals surface area contributed by atoms with Crippen molar-refractivity contribution in [1.82, 2.24) is 4.90 Å². The molecular weight excluding hydrogens is 338 g/mol. The zero-order valence-corrected chi connectivity index (χ0v) is 16.2. The van der Waals surface area contributed by atoms with Gasteiger partial charge in [-0.15, -0.1) is 0 Å². The van der Waals surface area contributed by atoms with E-state index >= 15 is 0 Å². The smallest absolute Gasteiger partial charge is 0.306 e. The largest absolute Gasteiger partial charge is 0.383 e. The molecule has 0 spiro atoms. The van der Waals surface area contributed by atoms with Crippen LogP contribution in [0.15, 0.2) is 24.3 Å². The predicted octanol–water partition coefficient (Wildman–Crippen LogP) is 3.73. The molecule has 2 rings (SSSR count). The van der Waals surface area contributed by atoms with Crippen molar-refractivity contribution in [1.29, 1.82) is 0 Å². The molecule has 1 unspecified atom stereocenters. The lowest BCUT2D eigenvalue weighted by molar-refractivity contribution is -0.139. The molecule has 1 aliphatic rings. The van der Waals surface area contributed by atoms with Gasteiger partial charge in [-0.05, 0) is 43.9 Å². The van der Waals surface area contributed by atoms with E-state index in [1.807, 2.05) is 17.0 Å². The number of hydrogen-bond acceptors (Lipinski definition) is 4. The van der Waals surface area contributed by atoms with Gasteiger partial charge in [0, 0.05) is 18.5 Å². The Morgan fingerprint density at radius 2 is 1.80 bits per heavy atom. The van der Waals surface area contributed by atoms with Gasteiger partial charge in [-0.1, -0.05) is 38.3 Å². The van der Waals surface area contributed by atoms with Gasteiger partial charge in [0.25, 0.3) is 0 Å². The first-order valence-electron chi connectivity index (χ1n) is 9.09. The quantitative estimate of drug-likeness (QED) is 0.689. The molecule has 0 N–H and O–H groups in total. The summed E-state index contributed by atoms with van der Waals surface area (Å²) in [7, 11) is -3.52. The molecule has 1 atom stereocenters. The zero-order chi connectivity index (χ0) is 18.4. The molecular formula is C19H29NO4S. The fourth-order valence-corrected chi connectivity index (χ4v) is 3.74. The van der Waals surface area contributed by atoms with Gasteiger partial charge in [-0.3, -0.25) is 4.79 Å². The molecule has 1 fully saturated rings. The van der Waals surface area contributed by atoms with E-state index in [1.165, 1.54) is 6.42 Å². The molecule has 0 heterocycles. The molecule has 0 saturated heterocycles. The number of rotatable bonds is 7. The van der Waals surface area contributed by atoms with Crippen molar-refractivity contribution < 1.29 is 17.4 Å². The average molecular weight is 368 g/mol. The van der Waals surface area contributed by atoms with Crippen molar-refractivity contribution in [2.75, 3.05) is 6.26 Å². The number of carbonyl (C=O) groups excluding carboxylic acids is 1.